The van der Waals surface area contributed by atoms with Gasteiger partial charge in [0.1, 0.15) is 5.88 Å². The van der Waals surface area contributed by atoms with E-state index in [-0.39, 0.29) is 18.4 Å². The minimum atomic E-state index is -0.892. The first kappa shape index (κ1) is 11.8. The van der Waals surface area contributed by atoms with Crippen molar-refractivity contribution in [3.8, 4) is 0 Å². The van der Waals surface area contributed by atoms with Crippen LogP contribution in [0.25, 0.3) is 0 Å². The van der Waals surface area contributed by atoms with Gasteiger partial charge in [-0.2, -0.15) is 0 Å². The predicted molar refractivity (Wildman–Crippen MR) is 57.5 cm³/mol. The van der Waals surface area contributed by atoms with E-state index in [4.69, 9.17) is 16.0 Å². The topological polar surface area (TPSA) is 51.0 Å². The largest absolute Gasteiger partial charge is 0.407 e. The number of nitrogens with one attached hydrogen (secondary N) is 1. The molecule has 1 N–H and O–H groups in total. The van der Waals surface area contributed by atoms with Gasteiger partial charge in [-0.15, -0.1) is 16.7 Å². The highest BCUT2D eigenvalue weighted by atomic mass is 35.5. The van der Waals surface area contributed by atoms with Gasteiger partial charge in [-0.3, -0.25) is 0 Å². The summed E-state index contributed by atoms with van der Waals surface area (Å²) in [6.45, 7) is 0.251. The summed E-state index contributed by atoms with van der Waals surface area (Å²) in [6.07, 6.45) is 0. The van der Waals surface area contributed by atoms with Gasteiger partial charge in [0.15, 0.2) is 11.6 Å². The van der Waals surface area contributed by atoms with Gasteiger partial charge in [-0.05, 0) is 17.7 Å². The molecule has 2 aromatic rings. The summed E-state index contributed by atoms with van der Waals surface area (Å²) in [6, 6.07) is 3.81. The molecule has 0 saturated carbocycles. The van der Waals surface area contributed by atoms with Gasteiger partial charge < -0.3 is 9.73 Å². The zero-order valence-corrected chi connectivity index (χ0v) is 9.34. The molecule has 1 aromatic heterocycles. The SMILES string of the molecule is Fc1ccc(CNc2nnc(CCl)o2)cc1F. The van der Waals surface area contributed by atoms with Crippen LogP contribution in [0.3, 0.4) is 0 Å². The highest BCUT2D eigenvalue weighted by Crippen LogP contribution is 2.12. The third-order valence-corrected chi connectivity index (χ3v) is 2.24. The summed E-state index contributed by atoms with van der Waals surface area (Å²) >= 11 is 5.48. The van der Waals surface area contributed by atoms with E-state index in [0.717, 1.165) is 12.1 Å². The second-order valence-corrected chi connectivity index (χ2v) is 3.50. The number of hydrogen-bond acceptors (Lipinski definition) is 4. The zero-order valence-electron chi connectivity index (χ0n) is 8.58. The summed E-state index contributed by atoms with van der Waals surface area (Å²) in [5.41, 5.74) is 0.564. The smallest absolute Gasteiger partial charge is 0.315 e. The molecular formula is C10H8ClF2N3O. The van der Waals surface area contributed by atoms with Crippen molar-refractivity contribution in [3.63, 3.8) is 0 Å². The summed E-state index contributed by atoms with van der Waals surface area (Å²) in [7, 11) is 0. The van der Waals surface area contributed by atoms with E-state index < -0.39 is 11.6 Å². The van der Waals surface area contributed by atoms with Gasteiger partial charge in [0.2, 0.25) is 5.89 Å². The van der Waals surface area contributed by atoms with E-state index >= 15 is 0 Å². The van der Waals surface area contributed by atoms with E-state index in [1.165, 1.54) is 6.07 Å². The normalized spacial score (nSPS) is 10.5. The Balaban J connectivity index is 1.99. The van der Waals surface area contributed by atoms with Crippen molar-refractivity contribution in [3.05, 3.63) is 41.3 Å². The Bertz CT molecular complexity index is 518. The van der Waals surface area contributed by atoms with Crippen molar-refractivity contribution in [2.45, 2.75) is 12.4 Å². The molecule has 1 heterocycles. The van der Waals surface area contributed by atoms with Crippen molar-refractivity contribution >= 4 is 17.6 Å². The summed E-state index contributed by atoms with van der Waals surface area (Å²) in [5.74, 6) is -1.36. The van der Waals surface area contributed by atoms with Crippen LogP contribution in [0.1, 0.15) is 11.5 Å². The minimum absolute atomic E-state index is 0.125. The number of nitrogens with zero attached hydrogens (tertiary/aromatic N) is 2. The lowest BCUT2D eigenvalue weighted by molar-refractivity contribution is 0.506. The van der Waals surface area contributed by atoms with Crippen molar-refractivity contribution in [1.29, 1.82) is 0 Å². The monoisotopic (exact) mass is 259 g/mol. The molecule has 0 unspecified atom stereocenters. The number of alkyl halides is 1. The number of halogens is 3. The quantitative estimate of drug-likeness (QED) is 0.858. The third-order valence-electron chi connectivity index (χ3n) is 2.01. The maximum absolute atomic E-state index is 12.9. The Morgan fingerprint density at radius 2 is 2.06 bits per heavy atom. The molecule has 0 amide bonds. The Hall–Kier alpha value is -1.69. The molecule has 0 radical (unpaired) electrons. The number of rotatable bonds is 4. The summed E-state index contributed by atoms with van der Waals surface area (Å²) in [4.78, 5) is 0. The predicted octanol–water partition coefficient (Wildman–Crippen LogP) is 2.70. The number of hydrogen-bond donors (Lipinski definition) is 1. The van der Waals surface area contributed by atoms with Crippen LogP contribution in [0.15, 0.2) is 22.6 Å². The Morgan fingerprint density at radius 1 is 1.24 bits per heavy atom. The first-order valence-electron chi connectivity index (χ1n) is 4.75. The van der Waals surface area contributed by atoms with E-state index in [0.29, 0.717) is 11.5 Å². The molecule has 17 heavy (non-hydrogen) atoms. The van der Waals surface area contributed by atoms with Crippen molar-refractivity contribution in [2.75, 3.05) is 5.32 Å². The standard InChI is InChI=1S/C10H8ClF2N3O/c11-4-9-15-16-10(17-9)14-5-6-1-2-7(12)8(13)3-6/h1-3H,4-5H2,(H,14,16). The molecule has 0 aliphatic heterocycles. The molecule has 0 aliphatic carbocycles. The van der Waals surface area contributed by atoms with Gasteiger partial charge in [-0.25, -0.2) is 8.78 Å². The molecule has 0 fully saturated rings. The van der Waals surface area contributed by atoms with Crippen LogP contribution in [0.4, 0.5) is 14.8 Å². The second-order valence-electron chi connectivity index (χ2n) is 3.24. The average Bonchev–Trinajstić information content (AvgIpc) is 2.79. The van der Waals surface area contributed by atoms with Gasteiger partial charge in [0.25, 0.3) is 0 Å². The summed E-state index contributed by atoms with van der Waals surface area (Å²) < 4.78 is 30.6. The van der Waals surface area contributed by atoms with E-state index in [1.807, 2.05) is 0 Å². The van der Waals surface area contributed by atoms with E-state index in [2.05, 4.69) is 15.5 Å². The van der Waals surface area contributed by atoms with Crippen molar-refractivity contribution < 1.29 is 13.2 Å². The lowest BCUT2D eigenvalue weighted by atomic mass is 10.2. The van der Waals surface area contributed by atoms with Crippen LogP contribution >= 0.6 is 11.6 Å². The lowest BCUT2D eigenvalue weighted by Gasteiger charge is -2.02. The Morgan fingerprint density at radius 3 is 2.71 bits per heavy atom. The maximum Gasteiger partial charge on any atom is 0.315 e. The van der Waals surface area contributed by atoms with E-state index in [1.54, 1.807) is 0 Å². The van der Waals surface area contributed by atoms with Gasteiger partial charge in [0, 0.05) is 6.54 Å². The Kier molecular flexibility index (Phi) is 3.53. The second kappa shape index (κ2) is 5.09. The fourth-order valence-corrected chi connectivity index (χ4v) is 1.31. The molecule has 0 atom stereocenters. The number of anilines is 1. The van der Waals surface area contributed by atoms with Crippen molar-refractivity contribution in [1.82, 2.24) is 10.2 Å². The van der Waals surface area contributed by atoms with Crippen LogP contribution in [0, 0.1) is 11.6 Å². The lowest BCUT2D eigenvalue weighted by Crippen LogP contribution is -2.00. The maximum atomic E-state index is 12.9. The number of aromatic nitrogens is 2. The first-order chi connectivity index (χ1) is 8.19. The molecular weight excluding hydrogens is 252 g/mol. The molecule has 1 aromatic carbocycles. The highest BCUT2D eigenvalue weighted by Gasteiger charge is 2.06. The first-order valence-corrected chi connectivity index (χ1v) is 5.28. The minimum Gasteiger partial charge on any atom is -0.407 e. The van der Waals surface area contributed by atoms with E-state index in [9.17, 15) is 8.78 Å². The molecule has 2 rings (SSSR count). The molecule has 0 aliphatic rings. The molecule has 0 spiro atoms. The van der Waals surface area contributed by atoms with Gasteiger partial charge >= 0.3 is 6.01 Å². The van der Waals surface area contributed by atoms with Gasteiger partial charge in [-0.1, -0.05) is 11.2 Å². The van der Waals surface area contributed by atoms with Crippen LogP contribution in [-0.4, -0.2) is 10.2 Å². The average molecular weight is 260 g/mol. The molecule has 4 nitrogen and oxygen atoms in total. The zero-order chi connectivity index (χ0) is 12.3. The third kappa shape index (κ3) is 2.91. The summed E-state index contributed by atoms with van der Waals surface area (Å²) in [5, 5.41) is 10.1. The number of benzene rings is 1. The van der Waals surface area contributed by atoms with Crippen LogP contribution in [0.2, 0.25) is 0 Å². The molecule has 0 saturated heterocycles. The fourth-order valence-electron chi connectivity index (χ4n) is 1.21. The van der Waals surface area contributed by atoms with Crippen LogP contribution in [0.5, 0.6) is 0 Å². The Labute approximate surface area is 101 Å². The highest BCUT2D eigenvalue weighted by molar-refractivity contribution is 6.16. The van der Waals surface area contributed by atoms with Crippen LogP contribution < -0.4 is 5.32 Å². The molecule has 90 valence electrons. The molecule has 0 bridgehead atoms. The van der Waals surface area contributed by atoms with Crippen LogP contribution in [-0.2, 0) is 12.4 Å². The fraction of sp³-hybridized carbons (Fsp3) is 0.200. The van der Waals surface area contributed by atoms with Crippen molar-refractivity contribution in [2.24, 2.45) is 0 Å². The van der Waals surface area contributed by atoms with Gasteiger partial charge in [0.05, 0.1) is 0 Å². The molecule has 7 heteroatoms.